The number of para-hydroxylation sites is 1. The Morgan fingerprint density at radius 1 is 1.06 bits per heavy atom. The number of benzene rings is 2. The summed E-state index contributed by atoms with van der Waals surface area (Å²) in [6.45, 7) is 2.74. The molecule has 1 aliphatic rings. The molecule has 1 aliphatic heterocycles. The fraction of sp³-hybridized carbons (Fsp3) is 0.304. The molecule has 2 heterocycles. The Morgan fingerprint density at radius 2 is 1.81 bits per heavy atom. The first-order valence-electron chi connectivity index (χ1n) is 10.1. The maximum absolute atomic E-state index is 14.3. The number of nitrogens with one attached hydrogen (secondary N) is 1. The molecule has 31 heavy (non-hydrogen) atoms. The van der Waals surface area contributed by atoms with Gasteiger partial charge in [0, 0.05) is 54.6 Å². The highest BCUT2D eigenvalue weighted by atomic mass is 32.1. The van der Waals surface area contributed by atoms with Gasteiger partial charge in [0.15, 0.2) is 0 Å². The van der Waals surface area contributed by atoms with Gasteiger partial charge in [0.05, 0.1) is 18.0 Å². The van der Waals surface area contributed by atoms with Crippen LogP contribution in [0.25, 0.3) is 10.1 Å². The molecule has 0 unspecified atom stereocenters. The standard InChI is InChI=1S/C23H24FN3O3S/c1-30-15-17-21-18(24)8-5-9-19(21)31-22(17)23(29)25-14-20(28)27-12-10-26(11-13-27)16-6-3-2-4-7-16/h2-9H,10-15H2,1H3,(H,25,29). The molecule has 0 atom stereocenters. The minimum atomic E-state index is -0.385. The summed E-state index contributed by atoms with van der Waals surface area (Å²) >= 11 is 1.21. The highest BCUT2D eigenvalue weighted by Gasteiger charge is 2.24. The van der Waals surface area contributed by atoms with E-state index in [9.17, 15) is 14.0 Å². The minimum absolute atomic E-state index is 0.0900. The van der Waals surface area contributed by atoms with Crippen LogP contribution in [0.5, 0.6) is 0 Å². The van der Waals surface area contributed by atoms with E-state index < -0.39 is 0 Å². The van der Waals surface area contributed by atoms with Crippen molar-refractivity contribution in [2.45, 2.75) is 6.61 Å². The number of fused-ring (bicyclic) bond motifs is 1. The van der Waals surface area contributed by atoms with Gasteiger partial charge in [0.1, 0.15) is 5.82 Å². The molecular weight excluding hydrogens is 417 g/mol. The lowest BCUT2D eigenvalue weighted by Crippen LogP contribution is -2.51. The van der Waals surface area contributed by atoms with Crippen molar-refractivity contribution in [3.8, 4) is 0 Å². The third kappa shape index (κ3) is 4.55. The molecule has 1 aromatic heterocycles. The second-order valence-electron chi connectivity index (χ2n) is 7.34. The molecule has 162 valence electrons. The van der Waals surface area contributed by atoms with Crippen LogP contribution in [0.1, 0.15) is 15.2 Å². The van der Waals surface area contributed by atoms with Gasteiger partial charge < -0.3 is 19.9 Å². The van der Waals surface area contributed by atoms with Crippen LogP contribution in [0, 0.1) is 5.82 Å². The van der Waals surface area contributed by atoms with Gasteiger partial charge in [-0.15, -0.1) is 11.3 Å². The van der Waals surface area contributed by atoms with E-state index in [1.165, 1.54) is 24.5 Å². The minimum Gasteiger partial charge on any atom is -0.380 e. The Hall–Kier alpha value is -2.97. The molecule has 1 fully saturated rings. The zero-order valence-corrected chi connectivity index (χ0v) is 18.1. The number of methoxy groups -OCH3 is 1. The number of hydrogen-bond donors (Lipinski definition) is 1. The van der Waals surface area contributed by atoms with E-state index >= 15 is 0 Å². The van der Waals surface area contributed by atoms with Crippen molar-refractivity contribution in [1.82, 2.24) is 10.2 Å². The summed E-state index contributed by atoms with van der Waals surface area (Å²) in [7, 11) is 1.50. The van der Waals surface area contributed by atoms with E-state index in [4.69, 9.17) is 4.74 Å². The summed E-state index contributed by atoms with van der Waals surface area (Å²) in [5, 5.41) is 3.11. The number of ether oxygens (including phenoxy) is 1. The van der Waals surface area contributed by atoms with Crippen molar-refractivity contribution < 1.29 is 18.7 Å². The molecule has 8 heteroatoms. The molecule has 2 amide bonds. The molecule has 0 spiro atoms. The van der Waals surface area contributed by atoms with Crippen LogP contribution in [-0.4, -0.2) is 56.5 Å². The number of amides is 2. The Morgan fingerprint density at radius 3 is 2.52 bits per heavy atom. The predicted octanol–water partition coefficient (Wildman–Crippen LogP) is 3.27. The average molecular weight is 442 g/mol. The molecular formula is C23H24FN3O3S. The molecule has 1 N–H and O–H groups in total. The number of nitrogens with zero attached hydrogens (tertiary/aromatic N) is 2. The summed E-state index contributed by atoms with van der Waals surface area (Å²) < 4.78 is 20.2. The number of rotatable bonds is 6. The molecule has 0 aliphatic carbocycles. The van der Waals surface area contributed by atoms with Crippen LogP contribution < -0.4 is 10.2 Å². The quantitative estimate of drug-likeness (QED) is 0.638. The molecule has 6 nitrogen and oxygen atoms in total. The van der Waals surface area contributed by atoms with E-state index in [0.717, 1.165) is 18.8 Å². The zero-order chi connectivity index (χ0) is 21.8. The van der Waals surface area contributed by atoms with Gasteiger partial charge in [-0.25, -0.2) is 4.39 Å². The molecule has 0 radical (unpaired) electrons. The number of carbonyl (C=O) groups excluding carboxylic acids is 2. The first-order chi connectivity index (χ1) is 15.1. The van der Waals surface area contributed by atoms with Crippen LogP contribution in [0.15, 0.2) is 48.5 Å². The van der Waals surface area contributed by atoms with Gasteiger partial charge >= 0.3 is 0 Å². The van der Waals surface area contributed by atoms with E-state index in [2.05, 4.69) is 22.3 Å². The smallest absolute Gasteiger partial charge is 0.262 e. The maximum atomic E-state index is 14.3. The van der Waals surface area contributed by atoms with Crippen molar-refractivity contribution in [2.75, 3.05) is 44.7 Å². The summed E-state index contributed by atoms with van der Waals surface area (Å²) in [6, 6.07) is 14.9. The molecule has 4 rings (SSSR count). The lowest BCUT2D eigenvalue weighted by atomic mass is 10.1. The van der Waals surface area contributed by atoms with Crippen molar-refractivity contribution in [3.63, 3.8) is 0 Å². The van der Waals surface area contributed by atoms with E-state index in [1.807, 2.05) is 18.2 Å². The molecule has 0 saturated carbocycles. The zero-order valence-electron chi connectivity index (χ0n) is 17.3. The maximum Gasteiger partial charge on any atom is 0.262 e. The van der Waals surface area contributed by atoms with Crippen LogP contribution >= 0.6 is 11.3 Å². The first kappa shape index (κ1) is 21.3. The number of piperazine rings is 1. The van der Waals surface area contributed by atoms with E-state index in [1.54, 1.807) is 17.0 Å². The summed E-state index contributed by atoms with van der Waals surface area (Å²) in [5.41, 5.74) is 1.66. The first-order valence-corrected chi connectivity index (χ1v) is 10.9. The topological polar surface area (TPSA) is 61.9 Å². The van der Waals surface area contributed by atoms with Crippen LogP contribution in [0.2, 0.25) is 0 Å². The van der Waals surface area contributed by atoms with E-state index in [0.29, 0.717) is 33.6 Å². The summed E-state index contributed by atoms with van der Waals surface area (Å²) in [5.74, 6) is -0.891. The van der Waals surface area contributed by atoms with Crippen molar-refractivity contribution in [1.29, 1.82) is 0 Å². The largest absolute Gasteiger partial charge is 0.380 e. The highest BCUT2D eigenvalue weighted by molar-refractivity contribution is 7.21. The van der Waals surface area contributed by atoms with Gasteiger partial charge in [-0.1, -0.05) is 24.3 Å². The van der Waals surface area contributed by atoms with Crippen molar-refractivity contribution >= 4 is 38.9 Å². The second-order valence-corrected chi connectivity index (χ2v) is 8.39. The van der Waals surface area contributed by atoms with E-state index in [-0.39, 0.29) is 30.8 Å². The Kier molecular flexibility index (Phi) is 6.48. The van der Waals surface area contributed by atoms with Crippen LogP contribution in [0.3, 0.4) is 0 Å². The lowest BCUT2D eigenvalue weighted by Gasteiger charge is -2.36. The molecule has 2 aromatic carbocycles. The van der Waals surface area contributed by atoms with Crippen molar-refractivity contribution in [3.05, 3.63) is 64.8 Å². The summed E-state index contributed by atoms with van der Waals surface area (Å²) in [6.07, 6.45) is 0. The number of carbonyl (C=O) groups is 2. The lowest BCUT2D eigenvalue weighted by molar-refractivity contribution is -0.130. The number of hydrogen-bond acceptors (Lipinski definition) is 5. The Bertz CT molecular complexity index is 1080. The second kappa shape index (κ2) is 9.45. The normalized spacial score (nSPS) is 14.1. The third-order valence-corrected chi connectivity index (χ3v) is 6.61. The third-order valence-electron chi connectivity index (χ3n) is 5.41. The monoisotopic (exact) mass is 441 g/mol. The molecule has 3 aromatic rings. The van der Waals surface area contributed by atoms with Gasteiger partial charge in [-0.3, -0.25) is 9.59 Å². The average Bonchev–Trinajstić information content (AvgIpc) is 3.18. The SMILES string of the molecule is COCc1c(C(=O)NCC(=O)N2CCN(c3ccccc3)CC2)sc2cccc(F)c12. The van der Waals surface area contributed by atoms with Gasteiger partial charge in [-0.05, 0) is 24.3 Å². The number of halogens is 1. The molecule has 1 saturated heterocycles. The number of thiophene rings is 1. The predicted molar refractivity (Wildman–Crippen MR) is 120 cm³/mol. The van der Waals surface area contributed by atoms with Crippen LogP contribution in [0.4, 0.5) is 10.1 Å². The highest BCUT2D eigenvalue weighted by Crippen LogP contribution is 2.33. The van der Waals surface area contributed by atoms with Gasteiger partial charge in [0.2, 0.25) is 5.91 Å². The van der Waals surface area contributed by atoms with Crippen molar-refractivity contribution in [2.24, 2.45) is 0 Å². The Balaban J connectivity index is 1.37. The fourth-order valence-electron chi connectivity index (χ4n) is 3.83. The molecule has 0 bridgehead atoms. The van der Waals surface area contributed by atoms with Gasteiger partial charge in [-0.2, -0.15) is 0 Å². The Labute approximate surface area is 184 Å². The summed E-state index contributed by atoms with van der Waals surface area (Å²) in [4.78, 5) is 29.8. The fourth-order valence-corrected chi connectivity index (χ4v) is 4.97. The number of anilines is 1. The van der Waals surface area contributed by atoms with Crippen LogP contribution in [-0.2, 0) is 16.1 Å². The van der Waals surface area contributed by atoms with Gasteiger partial charge in [0.25, 0.3) is 5.91 Å².